The van der Waals surface area contributed by atoms with Gasteiger partial charge < -0.3 is 25.0 Å². The largest absolute Gasteiger partial charge is 0.382 e. The molecule has 1 saturated carbocycles. The van der Waals surface area contributed by atoms with Crippen LogP contribution in [0.2, 0.25) is 0 Å². The van der Waals surface area contributed by atoms with E-state index in [1.54, 1.807) is 7.11 Å². The van der Waals surface area contributed by atoms with E-state index < -0.39 is 0 Å². The van der Waals surface area contributed by atoms with Crippen molar-refractivity contribution in [1.82, 2.24) is 15.5 Å². The molecule has 1 saturated heterocycles. The van der Waals surface area contributed by atoms with E-state index >= 15 is 0 Å². The lowest BCUT2D eigenvalue weighted by atomic mass is 9.84. The number of piperidine rings is 1. The van der Waals surface area contributed by atoms with Crippen molar-refractivity contribution in [2.24, 2.45) is 5.92 Å². The number of likely N-dealkylation sites (tertiary alicyclic amines) is 1. The van der Waals surface area contributed by atoms with Gasteiger partial charge in [-0.15, -0.1) is 0 Å². The van der Waals surface area contributed by atoms with Crippen molar-refractivity contribution in [2.45, 2.75) is 50.6 Å². The lowest BCUT2D eigenvalue weighted by Crippen LogP contribution is -2.50. The molecule has 144 valence electrons. The number of nitrogens with zero attached hydrogens (tertiary/aromatic N) is 1. The van der Waals surface area contributed by atoms with Crippen molar-refractivity contribution in [2.75, 3.05) is 47.1 Å². The standard InChI is InChI=1S/C18H33N3O4/c1-19-16-4-3-9-21(12-16)18(23)14-5-7-15(8-6-14)20-17(22)13-25-11-10-24-2/h14-16,19H,3-13H2,1-2H3,(H,20,22). The first-order valence-corrected chi connectivity index (χ1v) is 9.46. The summed E-state index contributed by atoms with van der Waals surface area (Å²) in [5.74, 6) is 0.327. The minimum absolute atomic E-state index is 0.0708. The molecule has 2 aliphatic rings. The summed E-state index contributed by atoms with van der Waals surface area (Å²) in [5, 5.41) is 6.30. The summed E-state index contributed by atoms with van der Waals surface area (Å²) in [6.07, 6.45) is 5.66. The maximum atomic E-state index is 12.7. The predicted molar refractivity (Wildman–Crippen MR) is 95.2 cm³/mol. The maximum absolute atomic E-state index is 12.7. The molecule has 0 bridgehead atoms. The van der Waals surface area contributed by atoms with E-state index in [1.165, 1.54) is 0 Å². The number of hydrogen-bond acceptors (Lipinski definition) is 5. The molecular formula is C18H33N3O4. The van der Waals surface area contributed by atoms with Crippen molar-refractivity contribution in [3.05, 3.63) is 0 Å². The van der Waals surface area contributed by atoms with Crippen molar-refractivity contribution < 1.29 is 19.1 Å². The molecule has 0 spiro atoms. The molecule has 0 aromatic heterocycles. The van der Waals surface area contributed by atoms with Crippen LogP contribution in [0.25, 0.3) is 0 Å². The third-order valence-electron chi connectivity index (χ3n) is 5.25. The third kappa shape index (κ3) is 6.56. The zero-order valence-corrected chi connectivity index (χ0v) is 15.6. The predicted octanol–water partition coefficient (Wildman–Crippen LogP) is 0.535. The maximum Gasteiger partial charge on any atom is 0.246 e. The second-order valence-electron chi connectivity index (χ2n) is 7.07. The summed E-state index contributed by atoms with van der Waals surface area (Å²) < 4.78 is 10.1. The molecule has 1 atom stereocenters. The Morgan fingerprint density at radius 2 is 1.84 bits per heavy atom. The van der Waals surface area contributed by atoms with E-state index in [2.05, 4.69) is 10.6 Å². The Hall–Kier alpha value is -1.18. The minimum Gasteiger partial charge on any atom is -0.382 e. The molecule has 0 aromatic carbocycles. The first-order valence-electron chi connectivity index (χ1n) is 9.46. The highest BCUT2D eigenvalue weighted by Crippen LogP contribution is 2.27. The fourth-order valence-corrected chi connectivity index (χ4v) is 3.73. The fraction of sp³-hybridized carbons (Fsp3) is 0.889. The molecule has 1 unspecified atom stereocenters. The molecule has 2 rings (SSSR count). The number of carbonyl (C=O) groups excluding carboxylic acids is 2. The van der Waals surface area contributed by atoms with Crippen LogP contribution >= 0.6 is 0 Å². The summed E-state index contributed by atoms with van der Waals surface area (Å²) in [6.45, 7) is 2.69. The van der Waals surface area contributed by atoms with Crippen LogP contribution in [0.4, 0.5) is 0 Å². The Morgan fingerprint density at radius 1 is 1.08 bits per heavy atom. The van der Waals surface area contributed by atoms with Gasteiger partial charge in [0.25, 0.3) is 0 Å². The molecule has 2 amide bonds. The minimum atomic E-state index is -0.0845. The number of nitrogens with one attached hydrogen (secondary N) is 2. The van der Waals surface area contributed by atoms with Gasteiger partial charge in [-0.25, -0.2) is 0 Å². The normalized spacial score (nSPS) is 27.1. The quantitative estimate of drug-likeness (QED) is 0.621. The second kappa shape index (κ2) is 10.7. The van der Waals surface area contributed by atoms with Crippen molar-refractivity contribution in [3.63, 3.8) is 0 Å². The van der Waals surface area contributed by atoms with Gasteiger partial charge in [0, 0.05) is 38.2 Å². The summed E-state index contributed by atoms with van der Waals surface area (Å²) in [6, 6.07) is 0.584. The summed E-state index contributed by atoms with van der Waals surface area (Å²) in [5.41, 5.74) is 0. The smallest absolute Gasteiger partial charge is 0.246 e. The molecule has 0 radical (unpaired) electrons. The van der Waals surface area contributed by atoms with Crippen LogP contribution in [0, 0.1) is 5.92 Å². The van der Waals surface area contributed by atoms with Crippen LogP contribution in [-0.4, -0.2) is 75.9 Å². The lowest BCUT2D eigenvalue weighted by Gasteiger charge is -2.37. The van der Waals surface area contributed by atoms with Crippen LogP contribution in [0.5, 0.6) is 0 Å². The number of ether oxygens (including phenoxy) is 2. The number of methoxy groups -OCH3 is 1. The Balaban J connectivity index is 1.66. The van der Waals surface area contributed by atoms with Gasteiger partial charge in [0.2, 0.25) is 11.8 Å². The van der Waals surface area contributed by atoms with Crippen LogP contribution in [0.1, 0.15) is 38.5 Å². The van der Waals surface area contributed by atoms with Crippen molar-refractivity contribution in [1.29, 1.82) is 0 Å². The first kappa shape index (κ1) is 20.1. The van der Waals surface area contributed by atoms with E-state index in [4.69, 9.17) is 9.47 Å². The van der Waals surface area contributed by atoms with Crippen LogP contribution in [0.3, 0.4) is 0 Å². The number of carbonyl (C=O) groups is 2. The zero-order chi connectivity index (χ0) is 18.1. The molecule has 1 heterocycles. The Kier molecular flexibility index (Phi) is 8.64. The highest BCUT2D eigenvalue weighted by molar-refractivity contribution is 5.79. The van der Waals surface area contributed by atoms with Crippen LogP contribution in [0.15, 0.2) is 0 Å². The van der Waals surface area contributed by atoms with Gasteiger partial charge in [-0.1, -0.05) is 0 Å². The molecule has 1 aliphatic carbocycles. The summed E-state index contributed by atoms with van der Waals surface area (Å²) >= 11 is 0. The van der Waals surface area contributed by atoms with Gasteiger partial charge in [-0.3, -0.25) is 9.59 Å². The van der Waals surface area contributed by atoms with Crippen LogP contribution in [-0.2, 0) is 19.1 Å². The average Bonchev–Trinajstić information content (AvgIpc) is 2.65. The molecular weight excluding hydrogens is 322 g/mol. The third-order valence-corrected chi connectivity index (χ3v) is 5.25. The van der Waals surface area contributed by atoms with Gasteiger partial charge in [0.1, 0.15) is 6.61 Å². The van der Waals surface area contributed by atoms with E-state index in [0.717, 1.165) is 51.6 Å². The van der Waals surface area contributed by atoms with E-state index in [-0.39, 0.29) is 24.5 Å². The first-order chi connectivity index (χ1) is 12.1. The van der Waals surface area contributed by atoms with Gasteiger partial charge in [-0.2, -0.15) is 0 Å². The molecule has 2 N–H and O–H groups in total. The Labute approximate surface area is 150 Å². The number of likely N-dealkylation sites (N-methyl/N-ethyl adjacent to an activating group) is 1. The van der Waals surface area contributed by atoms with Gasteiger partial charge in [0.15, 0.2) is 0 Å². The number of rotatable bonds is 8. The summed E-state index contributed by atoms with van der Waals surface area (Å²) in [4.78, 5) is 26.6. The molecule has 2 fully saturated rings. The fourth-order valence-electron chi connectivity index (χ4n) is 3.73. The number of amides is 2. The monoisotopic (exact) mass is 355 g/mol. The van der Waals surface area contributed by atoms with E-state index in [1.807, 2.05) is 11.9 Å². The van der Waals surface area contributed by atoms with Crippen LogP contribution < -0.4 is 10.6 Å². The lowest BCUT2D eigenvalue weighted by molar-refractivity contribution is -0.138. The summed E-state index contributed by atoms with van der Waals surface area (Å²) in [7, 11) is 3.57. The zero-order valence-electron chi connectivity index (χ0n) is 15.6. The van der Waals surface area contributed by atoms with Gasteiger partial charge in [-0.05, 0) is 45.6 Å². The van der Waals surface area contributed by atoms with E-state index in [0.29, 0.717) is 25.2 Å². The molecule has 0 aromatic rings. The highest BCUT2D eigenvalue weighted by Gasteiger charge is 2.32. The molecule has 7 heteroatoms. The topological polar surface area (TPSA) is 79.9 Å². The number of hydrogen-bond donors (Lipinski definition) is 2. The highest BCUT2D eigenvalue weighted by atomic mass is 16.5. The molecule has 25 heavy (non-hydrogen) atoms. The van der Waals surface area contributed by atoms with Crippen molar-refractivity contribution >= 4 is 11.8 Å². The SMILES string of the molecule is CNC1CCCN(C(=O)C2CCC(NC(=O)COCCOC)CC2)C1. The van der Waals surface area contributed by atoms with Crippen molar-refractivity contribution in [3.8, 4) is 0 Å². The van der Waals surface area contributed by atoms with Gasteiger partial charge >= 0.3 is 0 Å². The van der Waals surface area contributed by atoms with Gasteiger partial charge in [0.05, 0.1) is 13.2 Å². The molecule has 1 aliphatic heterocycles. The molecule has 7 nitrogen and oxygen atoms in total. The Morgan fingerprint density at radius 3 is 2.52 bits per heavy atom. The second-order valence-corrected chi connectivity index (χ2v) is 7.07. The average molecular weight is 355 g/mol. The van der Waals surface area contributed by atoms with E-state index in [9.17, 15) is 9.59 Å². The Bertz CT molecular complexity index is 425.